The number of nitriles is 1. The lowest BCUT2D eigenvalue weighted by molar-refractivity contribution is -0.123. The number of carbonyl (C=O) groups excluding carboxylic acids is 2. The van der Waals surface area contributed by atoms with Crippen molar-refractivity contribution in [1.29, 1.82) is 5.26 Å². The summed E-state index contributed by atoms with van der Waals surface area (Å²) in [5.41, 5.74) is 0.930. The van der Waals surface area contributed by atoms with Gasteiger partial charge in [-0.1, -0.05) is 30.3 Å². The molecule has 0 spiro atoms. The van der Waals surface area contributed by atoms with Crippen molar-refractivity contribution in [2.24, 2.45) is 5.92 Å². The molecule has 0 unspecified atom stereocenters. The molecule has 186 valence electrons. The van der Waals surface area contributed by atoms with Gasteiger partial charge >= 0.3 is 5.97 Å². The first-order chi connectivity index (χ1) is 17.2. The number of rotatable bonds is 6. The number of pyridine rings is 1. The van der Waals surface area contributed by atoms with Gasteiger partial charge in [0, 0.05) is 19.0 Å². The second-order valence-electron chi connectivity index (χ2n) is 8.56. The average Bonchev–Trinajstić information content (AvgIpc) is 2.88. The van der Waals surface area contributed by atoms with Crippen LogP contribution in [0.5, 0.6) is 0 Å². The van der Waals surface area contributed by atoms with E-state index in [1.54, 1.807) is 26.0 Å². The van der Waals surface area contributed by atoms with Crippen LogP contribution in [-0.4, -0.2) is 45.0 Å². The van der Waals surface area contributed by atoms with Gasteiger partial charge < -0.3 is 9.64 Å². The first-order valence-corrected chi connectivity index (χ1v) is 13.1. The largest absolute Gasteiger partial charge is 0.462 e. The van der Waals surface area contributed by atoms with E-state index in [9.17, 15) is 23.3 Å². The Kier molecular flexibility index (Phi) is 7.22. The maximum absolute atomic E-state index is 12.8. The van der Waals surface area contributed by atoms with Crippen molar-refractivity contribution in [2.45, 2.75) is 31.6 Å². The second kappa shape index (κ2) is 10.3. The monoisotopic (exact) mass is 506 g/mol. The summed E-state index contributed by atoms with van der Waals surface area (Å²) in [6, 6.07) is 15.7. The zero-order valence-corrected chi connectivity index (χ0v) is 20.8. The highest BCUT2D eigenvalue weighted by Crippen LogP contribution is 2.27. The molecule has 0 saturated carbocycles. The first-order valence-electron chi connectivity index (χ1n) is 11.6. The standard InChI is InChI=1S/C26H26N4O5S/c1-3-35-26(32)23-15-21(16-27)24(28-17(23)2)30-12-10-19(11-13-30)25(31)29-36(33,34)22-9-8-18-6-4-5-7-20(18)14-22/h4-9,14-15,19H,3,10-13H2,1-2H3,(H,29,31). The number of fused-ring (bicyclic) bond motifs is 1. The van der Waals surface area contributed by atoms with Gasteiger partial charge in [0.05, 0.1) is 28.3 Å². The first kappa shape index (κ1) is 25.1. The SMILES string of the molecule is CCOC(=O)c1cc(C#N)c(N2CCC(C(=O)NS(=O)(=O)c3ccc4ccccc4c3)CC2)nc1C. The van der Waals surface area contributed by atoms with Crippen LogP contribution in [0, 0.1) is 24.2 Å². The number of anilines is 1. The molecule has 1 amide bonds. The number of hydrogen-bond acceptors (Lipinski definition) is 8. The molecule has 1 aliphatic rings. The predicted molar refractivity (Wildman–Crippen MR) is 134 cm³/mol. The molecule has 0 aliphatic carbocycles. The minimum absolute atomic E-state index is 0.0343. The van der Waals surface area contributed by atoms with E-state index in [1.165, 1.54) is 12.1 Å². The van der Waals surface area contributed by atoms with E-state index in [0.29, 0.717) is 37.4 Å². The zero-order valence-electron chi connectivity index (χ0n) is 20.0. The van der Waals surface area contributed by atoms with Gasteiger partial charge in [0.15, 0.2) is 0 Å². The van der Waals surface area contributed by atoms with Gasteiger partial charge in [0.25, 0.3) is 10.0 Å². The fourth-order valence-electron chi connectivity index (χ4n) is 4.29. The number of nitrogens with one attached hydrogen (secondary N) is 1. The third kappa shape index (κ3) is 5.16. The van der Waals surface area contributed by atoms with Crippen molar-refractivity contribution >= 4 is 38.5 Å². The van der Waals surface area contributed by atoms with Gasteiger partial charge in [0.1, 0.15) is 11.9 Å². The van der Waals surface area contributed by atoms with Crippen molar-refractivity contribution in [1.82, 2.24) is 9.71 Å². The van der Waals surface area contributed by atoms with E-state index in [1.807, 2.05) is 29.2 Å². The average molecular weight is 507 g/mol. The smallest absolute Gasteiger partial charge is 0.340 e. The van der Waals surface area contributed by atoms with Crippen molar-refractivity contribution in [2.75, 3.05) is 24.6 Å². The van der Waals surface area contributed by atoms with Crippen LogP contribution in [0.15, 0.2) is 53.4 Å². The predicted octanol–water partition coefficient (Wildman–Crippen LogP) is 3.31. The molecule has 36 heavy (non-hydrogen) atoms. The minimum Gasteiger partial charge on any atom is -0.462 e. The van der Waals surface area contributed by atoms with Crippen LogP contribution in [0.25, 0.3) is 10.8 Å². The maximum Gasteiger partial charge on any atom is 0.340 e. The number of benzene rings is 2. The molecule has 0 radical (unpaired) electrons. The van der Waals surface area contributed by atoms with Crippen LogP contribution >= 0.6 is 0 Å². The highest BCUT2D eigenvalue weighted by atomic mass is 32.2. The summed E-state index contributed by atoms with van der Waals surface area (Å²) in [5, 5.41) is 11.3. The van der Waals surface area contributed by atoms with Gasteiger partial charge in [-0.3, -0.25) is 4.79 Å². The number of ether oxygens (including phenoxy) is 1. The topological polar surface area (TPSA) is 129 Å². The molecular formula is C26H26N4O5S. The van der Waals surface area contributed by atoms with E-state index >= 15 is 0 Å². The number of carbonyl (C=O) groups is 2. The van der Waals surface area contributed by atoms with Crippen LogP contribution in [0.1, 0.15) is 41.4 Å². The van der Waals surface area contributed by atoms with E-state index in [-0.39, 0.29) is 22.6 Å². The van der Waals surface area contributed by atoms with Crippen molar-refractivity contribution in [3.63, 3.8) is 0 Å². The number of piperidine rings is 1. The third-order valence-electron chi connectivity index (χ3n) is 6.24. The quantitative estimate of drug-likeness (QED) is 0.504. The molecule has 1 fully saturated rings. The number of amides is 1. The molecule has 0 bridgehead atoms. The lowest BCUT2D eigenvalue weighted by atomic mass is 9.96. The highest BCUT2D eigenvalue weighted by Gasteiger charge is 2.30. The number of aromatic nitrogens is 1. The molecule has 0 atom stereocenters. The van der Waals surface area contributed by atoms with E-state index in [2.05, 4.69) is 15.8 Å². The molecule has 10 heteroatoms. The van der Waals surface area contributed by atoms with E-state index < -0.39 is 27.8 Å². The minimum atomic E-state index is -4.01. The molecule has 4 rings (SSSR count). The lowest BCUT2D eigenvalue weighted by Gasteiger charge is -2.32. The Hall–Kier alpha value is -3.97. The molecule has 2 heterocycles. The van der Waals surface area contributed by atoms with Gasteiger partial charge in [-0.15, -0.1) is 0 Å². The number of hydrogen-bond donors (Lipinski definition) is 1. The zero-order chi connectivity index (χ0) is 25.9. The lowest BCUT2D eigenvalue weighted by Crippen LogP contribution is -2.42. The number of esters is 1. The van der Waals surface area contributed by atoms with Crippen LogP contribution in [0.2, 0.25) is 0 Å². The van der Waals surface area contributed by atoms with E-state index in [4.69, 9.17) is 4.74 Å². The summed E-state index contributed by atoms with van der Waals surface area (Å²) in [6.45, 7) is 4.42. The van der Waals surface area contributed by atoms with Gasteiger partial charge in [-0.25, -0.2) is 22.9 Å². The van der Waals surface area contributed by atoms with Gasteiger partial charge in [-0.2, -0.15) is 5.26 Å². The summed E-state index contributed by atoms with van der Waals surface area (Å²) in [6.07, 6.45) is 0.786. The van der Waals surface area contributed by atoms with Crippen molar-refractivity contribution in [3.05, 3.63) is 65.4 Å². The normalized spacial score (nSPS) is 14.3. The molecule has 9 nitrogen and oxygen atoms in total. The number of aryl methyl sites for hydroxylation is 1. The molecule has 1 aromatic heterocycles. The molecule has 1 aliphatic heterocycles. The summed E-state index contributed by atoms with van der Waals surface area (Å²) < 4.78 is 32.9. The Labute approximate surface area is 209 Å². The fourth-order valence-corrected chi connectivity index (χ4v) is 5.37. The Morgan fingerprint density at radius 3 is 2.50 bits per heavy atom. The molecular weight excluding hydrogens is 480 g/mol. The van der Waals surface area contributed by atoms with Crippen LogP contribution in [0.3, 0.4) is 0 Å². The molecule has 1 saturated heterocycles. The second-order valence-corrected chi connectivity index (χ2v) is 10.2. The molecule has 1 N–H and O–H groups in total. The van der Waals surface area contributed by atoms with Crippen LogP contribution < -0.4 is 9.62 Å². The summed E-state index contributed by atoms with van der Waals surface area (Å²) >= 11 is 0. The number of nitrogens with zero attached hydrogens (tertiary/aromatic N) is 3. The Morgan fingerprint density at radius 2 is 1.83 bits per heavy atom. The third-order valence-corrected chi connectivity index (χ3v) is 7.58. The van der Waals surface area contributed by atoms with Crippen molar-refractivity contribution < 1.29 is 22.7 Å². The fraction of sp³-hybridized carbons (Fsp3) is 0.308. The van der Waals surface area contributed by atoms with Gasteiger partial charge in [-0.05, 0) is 55.7 Å². The summed E-state index contributed by atoms with van der Waals surface area (Å²) in [4.78, 5) is 31.3. The Balaban J connectivity index is 1.44. The Bertz CT molecular complexity index is 1470. The highest BCUT2D eigenvalue weighted by molar-refractivity contribution is 7.90. The summed E-state index contributed by atoms with van der Waals surface area (Å²) in [5.74, 6) is -1.15. The van der Waals surface area contributed by atoms with E-state index in [0.717, 1.165) is 10.8 Å². The van der Waals surface area contributed by atoms with Crippen LogP contribution in [0.4, 0.5) is 5.82 Å². The molecule has 3 aromatic rings. The van der Waals surface area contributed by atoms with Gasteiger partial charge in [0.2, 0.25) is 5.91 Å². The maximum atomic E-state index is 12.8. The molecule has 2 aromatic carbocycles. The van der Waals surface area contributed by atoms with Crippen LogP contribution in [-0.2, 0) is 19.6 Å². The van der Waals surface area contributed by atoms with Crippen molar-refractivity contribution in [3.8, 4) is 6.07 Å². The number of sulfonamides is 1. The summed E-state index contributed by atoms with van der Waals surface area (Å²) in [7, 11) is -4.01. The Morgan fingerprint density at radius 1 is 1.14 bits per heavy atom.